The van der Waals surface area contributed by atoms with E-state index in [9.17, 15) is 4.79 Å². The largest absolute Gasteiger partial charge is 0.375 e. The van der Waals surface area contributed by atoms with Gasteiger partial charge in [-0.1, -0.05) is 19.3 Å². The number of ether oxygens (including phenoxy) is 1. The SMILES string of the molecule is C[C@H]1OCCN[C@@H]1C(=O)NCC1(N2CCSCC2)CCCCC1.Cl.Cl. The Labute approximate surface area is 168 Å². The molecule has 0 unspecified atom stereocenters. The van der Waals surface area contributed by atoms with Crippen molar-refractivity contribution in [2.24, 2.45) is 0 Å². The molecule has 2 saturated heterocycles. The molecule has 1 amide bonds. The molecule has 25 heavy (non-hydrogen) atoms. The highest BCUT2D eigenvalue weighted by molar-refractivity contribution is 7.99. The van der Waals surface area contributed by atoms with Crippen molar-refractivity contribution in [3.05, 3.63) is 0 Å². The molecule has 1 saturated carbocycles. The molecule has 0 aromatic carbocycles. The minimum absolute atomic E-state index is 0. The van der Waals surface area contributed by atoms with Gasteiger partial charge in [-0.2, -0.15) is 11.8 Å². The zero-order valence-electron chi connectivity index (χ0n) is 15.1. The van der Waals surface area contributed by atoms with Crippen LogP contribution in [0.1, 0.15) is 39.0 Å². The van der Waals surface area contributed by atoms with Crippen molar-refractivity contribution in [3.8, 4) is 0 Å². The number of carbonyl (C=O) groups is 1. The molecule has 8 heteroatoms. The molecular formula is C17H33Cl2N3O2S. The van der Waals surface area contributed by atoms with Gasteiger partial charge in [0.15, 0.2) is 0 Å². The van der Waals surface area contributed by atoms with Crippen molar-refractivity contribution >= 4 is 42.5 Å². The Morgan fingerprint density at radius 3 is 2.56 bits per heavy atom. The second-order valence-electron chi connectivity index (χ2n) is 7.11. The smallest absolute Gasteiger partial charge is 0.239 e. The summed E-state index contributed by atoms with van der Waals surface area (Å²) >= 11 is 2.05. The zero-order chi connectivity index (χ0) is 16.1. The molecule has 5 nitrogen and oxygen atoms in total. The number of amides is 1. The van der Waals surface area contributed by atoms with Crippen LogP contribution in [-0.4, -0.2) is 72.8 Å². The third-order valence-corrected chi connectivity index (χ3v) is 6.60. The van der Waals surface area contributed by atoms with Crippen molar-refractivity contribution in [1.82, 2.24) is 15.5 Å². The minimum atomic E-state index is -0.207. The first-order valence-corrected chi connectivity index (χ1v) is 10.3. The number of thioether (sulfide) groups is 1. The van der Waals surface area contributed by atoms with Gasteiger partial charge in [-0.05, 0) is 19.8 Å². The molecule has 2 heterocycles. The van der Waals surface area contributed by atoms with Crippen molar-refractivity contribution in [3.63, 3.8) is 0 Å². The van der Waals surface area contributed by atoms with Crippen LogP contribution in [0, 0.1) is 0 Å². The lowest BCUT2D eigenvalue weighted by atomic mass is 9.80. The van der Waals surface area contributed by atoms with Crippen molar-refractivity contribution in [2.45, 2.75) is 56.7 Å². The van der Waals surface area contributed by atoms with E-state index in [1.165, 1.54) is 56.7 Å². The third-order valence-electron chi connectivity index (χ3n) is 5.66. The standard InChI is InChI=1S/C17H31N3O2S.2ClH/c1-14-15(18-7-10-22-14)16(21)19-13-17(5-3-2-4-6-17)20-8-11-23-12-9-20;;/h14-15,18H,2-13H2,1H3,(H,19,21);2*1H/t14-,15+;;/m1../s1. The summed E-state index contributed by atoms with van der Waals surface area (Å²) in [6.45, 7) is 6.57. The van der Waals surface area contributed by atoms with E-state index < -0.39 is 0 Å². The molecule has 0 spiro atoms. The topological polar surface area (TPSA) is 53.6 Å². The lowest BCUT2D eigenvalue weighted by molar-refractivity contribution is -0.129. The Hall–Kier alpha value is 0.280. The maximum atomic E-state index is 12.6. The zero-order valence-corrected chi connectivity index (χ0v) is 17.6. The molecule has 1 aliphatic carbocycles. The van der Waals surface area contributed by atoms with Gasteiger partial charge in [0, 0.05) is 43.2 Å². The van der Waals surface area contributed by atoms with Crippen LogP contribution in [0.15, 0.2) is 0 Å². The van der Waals surface area contributed by atoms with E-state index in [1.807, 2.05) is 6.92 Å². The highest BCUT2D eigenvalue weighted by atomic mass is 35.5. The van der Waals surface area contributed by atoms with Gasteiger partial charge in [-0.3, -0.25) is 9.69 Å². The molecule has 3 aliphatic rings. The van der Waals surface area contributed by atoms with Crippen LogP contribution in [0.25, 0.3) is 0 Å². The fraction of sp³-hybridized carbons (Fsp3) is 0.941. The second kappa shape index (κ2) is 11.2. The van der Waals surface area contributed by atoms with Crippen molar-refractivity contribution < 1.29 is 9.53 Å². The van der Waals surface area contributed by atoms with Crippen LogP contribution in [0.2, 0.25) is 0 Å². The number of halogens is 2. The fourth-order valence-electron chi connectivity index (χ4n) is 4.24. The summed E-state index contributed by atoms with van der Waals surface area (Å²) in [7, 11) is 0. The van der Waals surface area contributed by atoms with E-state index in [4.69, 9.17) is 4.74 Å². The molecule has 0 bridgehead atoms. The van der Waals surface area contributed by atoms with Gasteiger partial charge >= 0.3 is 0 Å². The van der Waals surface area contributed by atoms with Crippen LogP contribution in [0.5, 0.6) is 0 Å². The van der Waals surface area contributed by atoms with Crippen LogP contribution in [0.4, 0.5) is 0 Å². The van der Waals surface area contributed by atoms with Crippen LogP contribution in [-0.2, 0) is 9.53 Å². The van der Waals surface area contributed by atoms with Crippen LogP contribution in [0.3, 0.4) is 0 Å². The highest BCUT2D eigenvalue weighted by Crippen LogP contribution is 2.34. The van der Waals surface area contributed by atoms with Gasteiger partial charge in [0.05, 0.1) is 12.7 Å². The number of hydrogen-bond donors (Lipinski definition) is 2. The monoisotopic (exact) mass is 413 g/mol. The summed E-state index contributed by atoms with van der Waals surface area (Å²) in [5.41, 5.74) is 0.188. The van der Waals surface area contributed by atoms with Gasteiger partial charge < -0.3 is 15.4 Å². The van der Waals surface area contributed by atoms with E-state index in [0.29, 0.717) is 6.61 Å². The minimum Gasteiger partial charge on any atom is -0.375 e. The average molecular weight is 414 g/mol. The predicted octanol–water partition coefficient (Wildman–Crippen LogP) is 2.07. The second-order valence-corrected chi connectivity index (χ2v) is 8.33. The lowest BCUT2D eigenvalue weighted by Crippen LogP contribution is -2.62. The number of rotatable bonds is 4. The Morgan fingerprint density at radius 1 is 1.24 bits per heavy atom. The molecule has 3 rings (SSSR count). The van der Waals surface area contributed by atoms with E-state index in [-0.39, 0.29) is 48.4 Å². The Bertz CT molecular complexity index is 405. The lowest BCUT2D eigenvalue weighted by Gasteiger charge is -2.48. The van der Waals surface area contributed by atoms with E-state index in [1.54, 1.807) is 0 Å². The summed E-state index contributed by atoms with van der Waals surface area (Å²) in [6.07, 6.45) is 6.33. The Kier molecular flexibility index (Phi) is 10.4. The van der Waals surface area contributed by atoms with Gasteiger partial charge in [0.2, 0.25) is 5.91 Å². The summed E-state index contributed by atoms with van der Waals surface area (Å²) in [5, 5.41) is 6.56. The quantitative estimate of drug-likeness (QED) is 0.738. The van der Waals surface area contributed by atoms with Gasteiger partial charge in [-0.15, -0.1) is 24.8 Å². The summed E-state index contributed by atoms with van der Waals surface area (Å²) in [5.74, 6) is 2.56. The number of morpholine rings is 1. The van der Waals surface area contributed by atoms with Crippen molar-refractivity contribution in [2.75, 3.05) is 44.3 Å². The normalized spacial score (nSPS) is 29.8. The Balaban J connectivity index is 0.00000156. The van der Waals surface area contributed by atoms with E-state index >= 15 is 0 Å². The number of carbonyl (C=O) groups excluding carboxylic acids is 1. The van der Waals surface area contributed by atoms with E-state index in [0.717, 1.165) is 13.1 Å². The molecular weight excluding hydrogens is 381 g/mol. The molecule has 2 atom stereocenters. The fourth-order valence-corrected chi connectivity index (χ4v) is 5.14. The predicted molar refractivity (Wildman–Crippen MR) is 109 cm³/mol. The molecule has 0 radical (unpaired) electrons. The average Bonchev–Trinajstić information content (AvgIpc) is 2.62. The summed E-state index contributed by atoms with van der Waals surface area (Å²) in [6, 6.07) is -0.207. The molecule has 148 valence electrons. The summed E-state index contributed by atoms with van der Waals surface area (Å²) < 4.78 is 5.61. The third kappa shape index (κ3) is 5.88. The molecule has 2 N–H and O–H groups in total. The van der Waals surface area contributed by atoms with Crippen LogP contribution >= 0.6 is 36.6 Å². The maximum Gasteiger partial charge on any atom is 0.239 e. The van der Waals surface area contributed by atoms with Crippen LogP contribution < -0.4 is 10.6 Å². The first-order chi connectivity index (χ1) is 11.2. The highest BCUT2D eigenvalue weighted by Gasteiger charge is 2.39. The van der Waals surface area contributed by atoms with Gasteiger partial charge in [0.1, 0.15) is 6.04 Å². The summed E-state index contributed by atoms with van der Waals surface area (Å²) in [4.78, 5) is 15.3. The molecule has 0 aromatic rings. The van der Waals surface area contributed by atoms with Crippen molar-refractivity contribution in [1.29, 1.82) is 0 Å². The Morgan fingerprint density at radius 2 is 1.92 bits per heavy atom. The molecule has 2 aliphatic heterocycles. The number of nitrogens with zero attached hydrogens (tertiary/aromatic N) is 1. The first-order valence-electron chi connectivity index (χ1n) is 9.17. The molecule has 0 aromatic heterocycles. The molecule has 3 fully saturated rings. The van der Waals surface area contributed by atoms with Gasteiger partial charge in [-0.25, -0.2) is 0 Å². The number of nitrogens with one attached hydrogen (secondary N) is 2. The van der Waals surface area contributed by atoms with Gasteiger partial charge in [0.25, 0.3) is 0 Å². The maximum absolute atomic E-state index is 12.6. The van der Waals surface area contributed by atoms with E-state index in [2.05, 4.69) is 27.3 Å². The number of hydrogen-bond acceptors (Lipinski definition) is 5. The first kappa shape index (κ1) is 23.3.